The van der Waals surface area contributed by atoms with Gasteiger partial charge < -0.3 is 19.3 Å². The molecular formula is C22H24N8O3. The quantitative estimate of drug-likeness (QED) is 0.635. The first-order chi connectivity index (χ1) is 16.2. The maximum atomic E-state index is 13.8. The van der Waals surface area contributed by atoms with Crippen molar-refractivity contribution in [3.8, 4) is 11.9 Å². The highest BCUT2D eigenvalue weighted by atomic mass is 16.5. The van der Waals surface area contributed by atoms with Crippen molar-refractivity contribution in [3.05, 3.63) is 29.6 Å². The van der Waals surface area contributed by atoms with E-state index < -0.39 is 0 Å². The molecule has 3 aromatic rings. The molecule has 11 heteroatoms. The van der Waals surface area contributed by atoms with Gasteiger partial charge in [0.15, 0.2) is 17.2 Å². The zero-order chi connectivity index (χ0) is 22.5. The Labute approximate surface area is 189 Å². The molecule has 0 aromatic carbocycles. The number of rotatable bonds is 3. The number of aromatic amines is 1. The number of carbonyl (C=O) groups excluding carboxylic acids is 1. The van der Waals surface area contributed by atoms with Crippen molar-refractivity contribution in [2.45, 2.75) is 37.9 Å². The van der Waals surface area contributed by atoms with Crippen LogP contribution in [-0.2, 0) is 9.47 Å². The van der Waals surface area contributed by atoms with Gasteiger partial charge in [-0.1, -0.05) is 0 Å². The number of fused-ring (bicyclic) bond motifs is 3. The van der Waals surface area contributed by atoms with E-state index in [0.29, 0.717) is 61.2 Å². The maximum Gasteiger partial charge on any atom is 0.255 e. The molecule has 33 heavy (non-hydrogen) atoms. The predicted octanol–water partition coefficient (Wildman–Crippen LogP) is 1.24. The van der Waals surface area contributed by atoms with Gasteiger partial charge in [-0.3, -0.25) is 9.89 Å². The highest BCUT2D eigenvalue weighted by Crippen LogP contribution is 2.36. The summed E-state index contributed by atoms with van der Waals surface area (Å²) >= 11 is 0. The van der Waals surface area contributed by atoms with E-state index in [0.717, 1.165) is 12.8 Å². The number of carbonyl (C=O) groups is 1. The molecule has 0 saturated carbocycles. The van der Waals surface area contributed by atoms with E-state index >= 15 is 0 Å². The minimum absolute atomic E-state index is 0.0642. The van der Waals surface area contributed by atoms with Gasteiger partial charge in [0.25, 0.3) is 5.91 Å². The molecule has 0 radical (unpaired) electrons. The molecule has 3 atom stereocenters. The number of aromatic nitrogens is 5. The van der Waals surface area contributed by atoms with Crippen LogP contribution in [0.5, 0.6) is 0 Å². The topological polar surface area (TPSA) is 125 Å². The second-order valence-electron chi connectivity index (χ2n) is 8.79. The van der Waals surface area contributed by atoms with Gasteiger partial charge in [-0.15, -0.1) is 0 Å². The van der Waals surface area contributed by atoms with Crippen molar-refractivity contribution < 1.29 is 14.3 Å². The van der Waals surface area contributed by atoms with Crippen molar-refractivity contribution in [3.63, 3.8) is 0 Å². The van der Waals surface area contributed by atoms with Gasteiger partial charge in [0.2, 0.25) is 0 Å². The fraction of sp³-hybridized carbons (Fsp3) is 0.500. The predicted molar refractivity (Wildman–Crippen MR) is 117 cm³/mol. The average Bonchev–Trinajstić information content (AvgIpc) is 3.54. The Morgan fingerprint density at radius 3 is 2.76 bits per heavy atom. The first-order valence-electron chi connectivity index (χ1n) is 11.2. The summed E-state index contributed by atoms with van der Waals surface area (Å²) in [6.45, 7) is 4.73. The van der Waals surface area contributed by atoms with Gasteiger partial charge in [-0.2, -0.15) is 20.1 Å². The van der Waals surface area contributed by atoms with Crippen LogP contribution in [0.2, 0.25) is 0 Å². The van der Waals surface area contributed by atoms with Crippen molar-refractivity contribution in [2.24, 2.45) is 0 Å². The Morgan fingerprint density at radius 2 is 2.06 bits per heavy atom. The summed E-state index contributed by atoms with van der Waals surface area (Å²) in [5.74, 6) is 1.16. The number of nitriles is 1. The van der Waals surface area contributed by atoms with E-state index in [1.807, 2.05) is 17.9 Å². The highest BCUT2D eigenvalue weighted by Gasteiger charge is 2.39. The summed E-state index contributed by atoms with van der Waals surface area (Å²) in [4.78, 5) is 22.9. The van der Waals surface area contributed by atoms with Crippen LogP contribution in [0.4, 0.5) is 5.82 Å². The minimum atomic E-state index is -0.138. The lowest BCUT2D eigenvalue weighted by Gasteiger charge is -2.36. The monoisotopic (exact) mass is 448 g/mol. The molecule has 0 aliphatic carbocycles. The first-order valence-corrected chi connectivity index (χ1v) is 11.2. The van der Waals surface area contributed by atoms with E-state index in [2.05, 4.69) is 26.3 Å². The molecule has 11 nitrogen and oxygen atoms in total. The van der Waals surface area contributed by atoms with E-state index in [9.17, 15) is 10.1 Å². The Balaban J connectivity index is 1.57. The number of pyridine rings is 1. The molecule has 0 spiro atoms. The molecule has 3 aliphatic heterocycles. The largest absolute Gasteiger partial charge is 0.377 e. The van der Waals surface area contributed by atoms with Crippen LogP contribution in [0.15, 0.2) is 18.3 Å². The van der Waals surface area contributed by atoms with Crippen LogP contribution in [0, 0.1) is 11.3 Å². The van der Waals surface area contributed by atoms with E-state index in [1.54, 1.807) is 16.9 Å². The molecule has 3 saturated heterocycles. The van der Waals surface area contributed by atoms with Gasteiger partial charge in [0.05, 0.1) is 61.7 Å². The van der Waals surface area contributed by atoms with Crippen LogP contribution in [0.1, 0.15) is 35.8 Å². The molecule has 3 aromatic heterocycles. The zero-order valence-corrected chi connectivity index (χ0v) is 18.3. The molecule has 6 rings (SSSR count). The number of hydrogen-bond donors (Lipinski definition) is 1. The number of morpholine rings is 2. The lowest BCUT2D eigenvalue weighted by molar-refractivity contribution is 0.00370. The van der Waals surface area contributed by atoms with Gasteiger partial charge in [-0.25, -0.2) is 4.98 Å². The summed E-state index contributed by atoms with van der Waals surface area (Å²) in [6.07, 6.45) is 3.66. The number of nitrogens with one attached hydrogen (secondary N) is 1. The summed E-state index contributed by atoms with van der Waals surface area (Å²) in [5.41, 5.74) is 1.06. The minimum Gasteiger partial charge on any atom is -0.377 e. The number of ether oxygens (including phenoxy) is 2. The normalized spacial score (nSPS) is 24.9. The van der Waals surface area contributed by atoms with Gasteiger partial charge in [-0.05, 0) is 25.8 Å². The molecule has 1 N–H and O–H groups in total. The SMILES string of the molecule is CC1COCCN1C(=O)c1cc(N2C3CCC2COC3)nc2c1c(C#N)nn2-c1ccn[nH]1. The molecule has 170 valence electrons. The smallest absolute Gasteiger partial charge is 0.255 e. The van der Waals surface area contributed by atoms with Crippen LogP contribution in [0.3, 0.4) is 0 Å². The number of anilines is 1. The van der Waals surface area contributed by atoms with Crippen molar-refractivity contribution in [1.29, 1.82) is 5.26 Å². The Hall–Kier alpha value is -3.49. The second kappa shape index (κ2) is 7.83. The summed E-state index contributed by atoms with van der Waals surface area (Å²) < 4.78 is 12.8. The highest BCUT2D eigenvalue weighted by molar-refractivity contribution is 6.08. The van der Waals surface area contributed by atoms with E-state index in [4.69, 9.17) is 14.5 Å². The molecule has 6 heterocycles. The number of H-pyrrole nitrogens is 1. The standard InChI is InChI=1S/C22H24N8O3/c1-13-10-32-7-6-28(13)22(31)16-8-19(29-14-2-3-15(29)12-33-11-14)25-21-20(16)17(9-23)27-30(21)18-4-5-24-26-18/h4-5,8,13-15H,2-3,6-7,10-12H2,1H3,(H,24,26). The zero-order valence-electron chi connectivity index (χ0n) is 18.3. The molecule has 1 amide bonds. The molecule has 3 aliphatic rings. The third-order valence-electron chi connectivity index (χ3n) is 6.81. The average molecular weight is 448 g/mol. The Morgan fingerprint density at radius 1 is 1.24 bits per heavy atom. The van der Waals surface area contributed by atoms with E-state index in [1.165, 1.54) is 0 Å². The van der Waals surface area contributed by atoms with Crippen LogP contribution in [-0.4, -0.2) is 86.9 Å². The van der Waals surface area contributed by atoms with Crippen LogP contribution in [0.25, 0.3) is 16.9 Å². The summed E-state index contributed by atoms with van der Waals surface area (Å²) in [5, 5.41) is 21.7. The first kappa shape index (κ1) is 20.1. The number of amides is 1. The summed E-state index contributed by atoms with van der Waals surface area (Å²) in [7, 11) is 0. The third-order valence-corrected chi connectivity index (χ3v) is 6.81. The van der Waals surface area contributed by atoms with Crippen LogP contribution >= 0.6 is 0 Å². The maximum absolute atomic E-state index is 13.8. The number of hydrogen-bond acceptors (Lipinski definition) is 8. The van der Waals surface area contributed by atoms with Crippen molar-refractivity contribution in [2.75, 3.05) is 37.9 Å². The van der Waals surface area contributed by atoms with Crippen LogP contribution < -0.4 is 4.90 Å². The molecule has 2 bridgehead atoms. The molecule has 3 unspecified atom stereocenters. The van der Waals surface area contributed by atoms with E-state index in [-0.39, 0.29) is 29.7 Å². The second-order valence-corrected chi connectivity index (χ2v) is 8.79. The van der Waals surface area contributed by atoms with Gasteiger partial charge >= 0.3 is 0 Å². The number of nitrogens with zero attached hydrogens (tertiary/aromatic N) is 7. The van der Waals surface area contributed by atoms with Gasteiger partial charge in [0.1, 0.15) is 11.9 Å². The fourth-order valence-corrected chi connectivity index (χ4v) is 5.20. The molecular weight excluding hydrogens is 424 g/mol. The fourth-order valence-electron chi connectivity index (χ4n) is 5.20. The molecule has 3 fully saturated rings. The lowest BCUT2D eigenvalue weighted by Crippen LogP contribution is -2.48. The van der Waals surface area contributed by atoms with Crippen molar-refractivity contribution in [1.82, 2.24) is 29.9 Å². The lowest BCUT2D eigenvalue weighted by atomic mass is 10.1. The Kier molecular flexibility index (Phi) is 4.78. The third kappa shape index (κ3) is 3.17. The summed E-state index contributed by atoms with van der Waals surface area (Å²) in [6, 6.07) is 6.12. The Bertz CT molecular complexity index is 1230. The van der Waals surface area contributed by atoms with Gasteiger partial charge in [0, 0.05) is 12.6 Å². The van der Waals surface area contributed by atoms with Crippen molar-refractivity contribution >= 4 is 22.8 Å².